The zero-order chi connectivity index (χ0) is 9.84. The third-order valence-electron chi connectivity index (χ3n) is 1.78. The Morgan fingerprint density at radius 1 is 1.38 bits per heavy atom. The molecule has 0 aromatic heterocycles. The second-order valence-electron chi connectivity index (χ2n) is 2.85. The van der Waals surface area contributed by atoms with Gasteiger partial charge in [-0.05, 0) is 42.8 Å². The van der Waals surface area contributed by atoms with Crippen LogP contribution in [-0.4, -0.2) is 5.12 Å². The molecule has 2 heteroatoms. The molecule has 0 saturated heterocycles. The predicted octanol–water partition coefficient (Wildman–Crippen LogP) is 3.11. The maximum absolute atomic E-state index is 11.1. The Labute approximate surface area is 82.9 Å². The van der Waals surface area contributed by atoms with Crippen molar-refractivity contribution in [1.82, 2.24) is 0 Å². The summed E-state index contributed by atoms with van der Waals surface area (Å²) in [7, 11) is 0. The molecule has 0 bridgehead atoms. The summed E-state index contributed by atoms with van der Waals surface area (Å²) in [4.78, 5) is 12.2. The van der Waals surface area contributed by atoms with Crippen LogP contribution in [-0.2, 0) is 4.79 Å². The molecule has 1 aromatic carbocycles. The summed E-state index contributed by atoms with van der Waals surface area (Å²) in [6.45, 7) is 7.46. The van der Waals surface area contributed by atoms with Gasteiger partial charge in [0.15, 0.2) is 0 Å². The average molecular weight is 192 g/mol. The van der Waals surface area contributed by atoms with Crippen LogP contribution < -0.4 is 0 Å². The first kappa shape index (κ1) is 10.1. The number of rotatable bonds is 2. The van der Waals surface area contributed by atoms with E-state index in [1.54, 1.807) is 0 Å². The van der Waals surface area contributed by atoms with Crippen molar-refractivity contribution < 1.29 is 4.79 Å². The van der Waals surface area contributed by atoms with Gasteiger partial charge in [0.05, 0.1) is 0 Å². The van der Waals surface area contributed by atoms with Crippen molar-refractivity contribution in [2.75, 3.05) is 0 Å². The van der Waals surface area contributed by atoms with Gasteiger partial charge in [0, 0.05) is 4.90 Å². The minimum atomic E-state index is -0.00241. The van der Waals surface area contributed by atoms with E-state index in [1.807, 2.05) is 32.0 Å². The van der Waals surface area contributed by atoms with Gasteiger partial charge in [-0.15, -0.1) is 0 Å². The summed E-state index contributed by atoms with van der Waals surface area (Å²) in [6.07, 6.45) is 1.34. The lowest BCUT2D eigenvalue weighted by atomic mass is 10.2. The van der Waals surface area contributed by atoms with E-state index in [4.69, 9.17) is 0 Å². The van der Waals surface area contributed by atoms with Crippen LogP contribution in [0.25, 0.3) is 0 Å². The van der Waals surface area contributed by atoms with Crippen LogP contribution >= 0.6 is 11.8 Å². The molecule has 1 nitrogen and oxygen atoms in total. The minimum absolute atomic E-state index is 0.00241. The van der Waals surface area contributed by atoms with Crippen LogP contribution in [0.5, 0.6) is 0 Å². The van der Waals surface area contributed by atoms with Crippen molar-refractivity contribution in [2.45, 2.75) is 18.7 Å². The Kier molecular flexibility index (Phi) is 3.32. The molecule has 0 radical (unpaired) electrons. The minimum Gasteiger partial charge on any atom is -0.282 e. The van der Waals surface area contributed by atoms with E-state index in [1.165, 1.54) is 17.8 Å². The summed E-state index contributed by atoms with van der Waals surface area (Å²) in [5, 5.41) is -0.00241. The van der Waals surface area contributed by atoms with Crippen molar-refractivity contribution >= 4 is 16.9 Å². The van der Waals surface area contributed by atoms with E-state index in [0.29, 0.717) is 0 Å². The molecule has 1 rings (SSSR count). The number of thioether (sulfide) groups is 1. The van der Waals surface area contributed by atoms with Crippen LogP contribution in [0.15, 0.2) is 35.7 Å². The first-order valence-corrected chi connectivity index (χ1v) is 4.87. The van der Waals surface area contributed by atoms with Crippen molar-refractivity contribution in [2.24, 2.45) is 0 Å². The topological polar surface area (TPSA) is 17.1 Å². The smallest absolute Gasteiger partial charge is 0.216 e. The Morgan fingerprint density at radius 3 is 2.38 bits per heavy atom. The first-order chi connectivity index (χ1) is 6.15. The highest BCUT2D eigenvalue weighted by molar-refractivity contribution is 8.14. The summed E-state index contributed by atoms with van der Waals surface area (Å²) < 4.78 is 0. The lowest BCUT2D eigenvalue weighted by molar-refractivity contribution is -0.107. The Hall–Kier alpha value is -1.02. The predicted molar refractivity (Wildman–Crippen MR) is 57.0 cm³/mol. The monoisotopic (exact) mass is 192 g/mol. The van der Waals surface area contributed by atoms with Crippen LogP contribution in [0, 0.1) is 13.8 Å². The zero-order valence-corrected chi connectivity index (χ0v) is 8.65. The van der Waals surface area contributed by atoms with Gasteiger partial charge in [0.1, 0.15) is 0 Å². The number of hydrogen-bond acceptors (Lipinski definition) is 2. The first-order valence-electron chi connectivity index (χ1n) is 4.05. The second-order valence-corrected chi connectivity index (χ2v) is 3.86. The highest BCUT2D eigenvalue weighted by Gasteiger charge is 2.05. The van der Waals surface area contributed by atoms with Crippen LogP contribution in [0.3, 0.4) is 0 Å². The highest BCUT2D eigenvalue weighted by Crippen LogP contribution is 2.26. The quantitative estimate of drug-likeness (QED) is 0.529. The average Bonchev–Trinajstić information content (AvgIpc) is 2.11. The van der Waals surface area contributed by atoms with E-state index in [2.05, 4.69) is 6.58 Å². The van der Waals surface area contributed by atoms with E-state index in [-0.39, 0.29) is 5.12 Å². The number of carbonyl (C=O) groups is 1. The second kappa shape index (κ2) is 4.28. The molecular formula is C11H12OS. The SMILES string of the molecule is C=CC(=O)Sc1c(C)cccc1C. The summed E-state index contributed by atoms with van der Waals surface area (Å²) in [6, 6.07) is 6.00. The fraction of sp³-hybridized carbons (Fsp3) is 0.182. The van der Waals surface area contributed by atoms with Crippen molar-refractivity contribution in [3.63, 3.8) is 0 Å². The Morgan fingerprint density at radius 2 is 1.92 bits per heavy atom. The highest BCUT2D eigenvalue weighted by atomic mass is 32.2. The van der Waals surface area contributed by atoms with Crippen molar-refractivity contribution in [3.05, 3.63) is 42.0 Å². The summed E-state index contributed by atoms with van der Waals surface area (Å²) in [5.41, 5.74) is 2.28. The largest absolute Gasteiger partial charge is 0.282 e. The van der Waals surface area contributed by atoms with Crippen molar-refractivity contribution in [1.29, 1.82) is 0 Å². The number of benzene rings is 1. The van der Waals surface area contributed by atoms with E-state index >= 15 is 0 Å². The lowest BCUT2D eigenvalue weighted by Crippen LogP contribution is -1.89. The standard InChI is InChI=1S/C11H12OS/c1-4-10(12)13-11-8(2)6-5-7-9(11)3/h4-7H,1H2,2-3H3. The Balaban J connectivity index is 2.99. The molecule has 0 aliphatic heterocycles. The number of hydrogen-bond donors (Lipinski definition) is 0. The van der Waals surface area contributed by atoms with Gasteiger partial charge in [0.2, 0.25) is 5.12 Å². The molecule has 0 atom stereocenters. The molecule has 0 N–H and O–H groups in total. The molecule has 0 unspecified atom stereocenters. The molecule has 68 valence electrons. The molecule has 0 fully saturated rings. The lowest BCUT2D eigenvalue weighted by Gasteiger charge is -2.05. The molecular weight excluding hydrogens is 180 g/mol. The van der Waals surface area contributed by atoms with Crippen LogP contribution in [0.4, 0.5) is 0 Å². The van der Waals surface area contributed by atoms with Gasteiger partial charge in [0.25, 0.3) is 0 Å². The fourth-order valence-electron chi connectivity index (χ4n) is 1.10. The molecule has 0 aliphatic rings. The summed E-state index contributed by atoms with van der Waals surface area (Å²) >= 11 is 1.24. The van der Waals surface area contributed by atoms with Gasteiger partial charge < -0.3 is 0 Å². The number of carbonyl (C=O) groups excluding carboxylic acids is 1. The van der Waals surface area contributed by atoms with Gasteiger partial charge >= 0.3 is 0 Å². The summed E-state index contributed by atoms with van der Waals surface area (Å²) in [5.74, 6) is 0. The van der Waals surface area contributed by atoms with E-state index in [0.717, 1.165) is 16.0 Å². The molecule has 0 saturated carbocycles. The third-order valence-corrected chi connectivity index (χ3v) is 2.99. The maximum atomic E-state index is 11.1. The Bertz CT molecular complexity index is 322. The van der Waals surface area contributed by atoms with Crippen LogP contribution in [0.1, 0.15) is 11.1 Å². The molecule has 0 amide bonds. The molecule has 13 heavy (non-hydrogen) atoms. The number of aryl methyl sites for hydroxylation is 2. The van der Waals surface area contributed by atoms with Gasteiger partial charge in [-0.25, -0.2) is 0 Å². The fourth-order valence-corrected chi connectivity index (χ4v) is 1.84. The van der Waals surface area contributed by atoms with E-state index < -0.39 is 0 Å². The maximum Gasteiger partial charge on any atom is 0.216 e. The molecule has 0 heterocycles. The molecule has 0 aliphatic carbocycles. The van der Waals surface area contributed by atoms with Crippen molar-refractivity contribution in [3.8, 4) is 0 Å². The van der Waals surface area contributed by atoms with Gasteiger partial charge in [-0.2, -0.15) is 0 Å². The zero-order valence-electron chi connectivity index (χ0n) is 7.83. The van der Waals surface area contributed by atoms with Gasteiger partial charge in [-0.1, -0.05) is 24.8 Å². The third kappa shape index (κ3) is 2.46. The van der Waals surface area contributed by atoms with Crippen LogP contribution in [0.2, 0.25) is 0 Å². The molecule has 1 aromatic rings. The normalized spacial score (nSPS) is 9.69. The van der Waals surface area contributed by atoms with Gasteiger partial charge in [-0.3, -0.25) is 4.79 Å². The molecule has 0 spiro atoms. The van der Waals surface area contributed by atoms with E-state index in [9.17, 15) is 4.79 Å².